The van der Waals surface area contributed by atoms with Gasteiger partial charge in [0, 0.05) is 36.2 Å². The number of halogens is 2. The van der Waals surface area contributed by atoms with E-state index in [1.165, 1.54) is 0 Å². The van der Waals surface area contributed by atoms with Crippen LogP contribution in [0.15, 0.2) is 54.6 Å². The van der Waals surface area contributed by atoms with Gasteiger partial charge in [0.05, 0.1) is 13.2 Å². The number of carbonyl (C=O) groups is 2. The molecule has 1 N–H and O–H groups in total. The first-order valence-electron chi connectivity index (χ1n) is 14.2. The maximum Gasteiger partial charge on any atom is 0.415 e. The molecule has 0 saturated heterocycles. The zero-order valence-electron chi connectivity index (χ0n) is 25.0. The first-order valence-corrected chi connectivity index (χ1v) is 14.9. The van der Waals surface area contributed by atoms with E-state index in [2.05, 4.69) is 0 Å². The predicted octanol–water partition coefficient (Wildman–Crippen LogP) is 7.44. The van der Waals surface area contributed by atoms with Gasteiger partial charge in [-0.1, -0.05) is 53.0 Å². The molecule has 1 amide bonds. The second-order valence-electron chi connectivity index (χ2n) is 10.2. The lowest BCUT2D eigenvalue weighted by molar-refractivity contribution is -0.149. The van der Waals surface area contributed by atoms with Gasteiger partial charge in [-0.15, -0.1) is 0 Å². The summed E-state index contributed by atoms with van der Waals surface area (Å²) in [6.07, 6.45) is -0.530. The molecule has 0 aliphatic rings. The van der Waals surface area contributed by atoms with Gasteiger partial charge in [0.15, 0.2) is 6.10 Å². The Kier molecular flexibility index (Phi) is 13.6. The molecular weight excluding hydrogens is 593 g/mol. The minimum Gasteiger partial charge on any atom is -0.492 e. The van der Waals surface area contributed by atoms with Crippen molar-refractivity contribution in [3.63, 3.8) is 0 Å². The van der Waals surface area contributed by atoms with Crippen LogP contribution in [0.5, 0.6) is 11.5 Å². The third-order valence-electron chi connectivity index (χ3n) is 6.58. The fourth-order valence-corrected chi connectivity index (χ4v) is 5.22. The van der Waals surface area contributed by atoms with Crippen LogP contribution < -0.4 is 9.47 Å². The van der Waals surface area contributed by atoms with Gasteiger partial charge in [-0.25, -0.2) is 9.59 Å². The van der Waals surface area contributed by atoms with Crippen molar-refractivity contribution in [2.45, 2.75) is 53.2 Å². The number of hydrogen-bond acceptors (Lipinski definition) is 6. The molecule has 0 saturated carbocycles. The Morgan fingerprint density at radius 3 is 2.14 bits per heavy atom. The van der Waals surface area contributed by atoms with E-state index in [1.807, 2.05) is 45.0 Å². The van der Waals surface area contributed by atoms with E-state index in [0.29, 0.717) is 60.9 Å². The average molecular weight is 633 g/mol. The fraction of sp³-hybridized carbons (Fsp3) is 0.394. The zero-order valence-corrected chi connectivity index (χ0v) is 26.5. The second-order valence-corrected chi connectivity index (χ2v) is 11.1. The summed E-state index contributed by atoms with van der Waals surface area (Å²) in [6, 6.07) is 16.4. The summed E-state index contributed by atoms with van der Waals surface area (Å²) in [5, 5.41) is 10.4. The van der Waals surface area contributed by atoms with Crippen molar-refractivity contribution < 1.29 is 33.6 Å². The highest BCUT2D eigenvalue weighted by atomic mass is 35.5. The number of carboxylic acids is 1. The highest BCUT2D eigenvalue weighted by Crippen LogP contribution is 2.25. The SMILES string of the molecule is CCOC(Cc1ccc(OCCN(CCCOCc2cc(Cl)cc(Cl)c2)C(=O)Oc2c(C)cc(C)cc2C)cc1)C(=O)O. The first-order chi connectivity index (χ1) is 20.5. The highest BCUT2D eigenvalue weighted by molar-refractivity contribution is 6.34. The maximum absolute atomic E-state index is 13.3. The van der Waals surface area contributed by atoms with Crippen molar-refractivity contribution >= 4 is 35.3 Å². The van der Waals surface area contributed by atoms with Gasteiger partial charge in [-0.2, -0.15) is 0 Å². The van der Waals surface area contributed by atoms with E-state index in [-0.39, 0.29) is 13.0 Å². The van der Waals surface area contributed by atoms with Gasteiger partial charge in [0.2, 0.25) is 0 Å². The van der Waals surface area contributed by atoms with Gasteiger partial charge in [-0.3, -0.25) is 0 Å². The summed E-state index contributed by atoms with van der Waals surface area (Å²) < 4.78 is 22.8. The van der Waals surface area contributed by atoms with Crippen LogP contribution in [0.3, 0.4) is 0 Å². The van der Waals surface area contributed by atoms with Crippen LogP contribution >= 0.6 is 23.2 Å². The molecule has 0 aliphatic carbocycles. The van der Waals surface area contributed by atoms with Crippen molar-refractivity contribution in [3.05, 3.63) is 92.5 Å². The minimum absolute atomic E-state index is 0.235. The molecule has 8 nitrogen and oxygen atoms in total. The number of aliphatic carboxylic acids is 1. The van der Waals surface area contributed by atoms with Crippen LogP contribution in [-0.2, 0) is 27.3 Å². The van der Waals surface area contributed by atoms with Gasteiger partial charge in [0.25, 0.3) is 0 Å². The predicted molar refractivity (Wildman–Crippen MR) is 168 cm³/mol. The Hall–Kier alpha value is -3.30. The molecule has 1 unspecified atom stereocenters. The van der Waals surface area contributed by atoms with E-state index in [0.717, 1.165) is 27.8 Å². The van der Waals surface area contributed by atoms with Crippen LogP contribution in [0, 0.1) is 20.8 Å². The number of carboxylic acid groups (broad SMARTS) is 1. The molecule has 0 fully saturated rings. The lowest BCUT2D eigenvalue weighted by atomic mass is 10.1. The Balaban J connectivity index is 1.58. The molecule has 0 aliphatic heterocycles. The number of ether oxygens (including phenoxy) is 4. The highest BCUT2D eigenvalue weighted by Gasteiger charge is 2.20. The van der Waals surface area contributed by atoms with Crippen LogP contribution in [0.25, 0.3) is 0 Å². The van der Waals surface area contributed by atoms with Gasteiger partial charge in [-0.05, 0) is 86.7 Å². The third kappa shape index (κ3) is 11.4. The summed E-state index contributed by atoms with van der Waals surface area (Å²) >= 11 is 12.1. The smallest absolute Gasteiger partial charge is 0.415 e. The van der Waals surface area contributed by atoms with E-state index in [1.54, 1.807) is 42.2 Å². The number of carbonyl (C=O) groups excluding carboxylic acids is 1. The molecule has 3 aromatic rings. The molecular formula is C33H39Cl2NO7. The van der Waals surface area contributed by atoms with E-state index >= 15 is 0 Å². The standard InChI is InChI=1S/C33H39Cl2NO7/c1-5-41-30(32(37)38)19-25-7-9-29(10-8-25)42-14-12-36(33(39)43-31-23(3)15-22(2)16-24(31)4)11-6-13-40-21-26-17-27(34)20-28(35)18-26/h7-10,15-18,20,30H,5-6,11-14,19,21H2,1-4H3,(H,37,38). The van der Waals surface area contributed by atoms with Gasteiger partial charge in [0.1, 0.15) is 18.1 Å². The number of amides is 1. The Morgan fingerprint density at radius 1 is 0.884 bits per heavy atom. The summed E-state index contributed by atoms with van der Waals surface area (Å²) in [7, 11) is 0. The Morgan fingerprint density at radius 2 is 1.53 bits per heavy atom. The Bertz CT molecular complexity index is 1320. The van der Waals surface area contributed by atoms with Gasteiger partial charge < -0.3 is 29.0 Å². The molecule has 0 aromatic heterocycles. The number of rotatable bonds is 16. The topological polar surface area (TPSA) is 94.5 Å². The van der Waals surface area contributed by atoms with Crippen molar-refractivity contribution in [1.29, 1.82) is 0 Å². The molecule has 1 atom stereocenters. The molecule has 10 heteroatoms. The summed E-state index contributed by atoms with van der Waals surface area (Å²) in [5.41, 5.74) is 4.57. The molecule has 3 rings (SSSR count). The van der Waals surface area contributed by atoms with Crippen LogP contribution in [-0.4, -0.2) is 61.1 Å². The monoisotopic (exact) mass is 631 g/mol. The molecule has 0 bridgehead atoms. The Labute approximate surface area is 263 Å². The van der Waals surface area contributed by atoms with E-state index in [4.69, 9.17) is 42.1 Å². The van der Waals surface area contributed by atoms with Gasteiger partial charge >= 0.3 is 12.1 Å². The van der Waals surface area contributed by atoms with Crippen molar-refractivity contribution in [2.75, 3.05) is 32.9 Å². The van der Waals surface area contributed by atoms with E-state index in [9.17, 15) is 14.7 Å². The number of nitrogens with zero attached hydrogens (tertiary/aromatic N) is 1. The third-order valence-corrected chi connectivity index (χ3v) is 7.01. The van der Waals surface area contributed by atoms with Crippen LogP contribution in [0.2, 0.25) is 10.0 Å². The summed E-state index contributed by atoms with van der Waals surface area (Å²) in [4.78, 5) is 26.3. The largest absolute Gasteiger partial charge is 0.492 e. The van der Waals surface area contributed by atoms with E-state index < -0.39 is 18.2 Å². The van der Waals surface area contributed by atoms with Crippen LogP contribution in [0.4, 0.5) is 4.79 Å². The number of aryl methyl sites for hydroxylation is 3. The molecule has 3 aromatic carbocycles. The molecule has 0 radical (unpaired) electrons. The average Bonchev–Trinajstić information content (AvgIpc) is 2.93. The van der Waals surface area contributed by atoms with Crippen molar-refractivity contribution in [3.8, 4) is 11.5 Å². The number of benzene rings is 3. The molecule has 0 heterocycles. The normalized spacial score (nSPS) is 11.7. The van der Waals surface area contributed by atoms with Crippen molar-refractivity contribution in [1.82, 2.24) is 4.90 Å². The zero-order chi connectivity index (χ0) is 31.4. The number of hydrogen-bond donors (Lipinski definition) is 1. The first kappa shape index (κ1) is 34.2. The molecule has 0 spiro atoms. The summed E-state index contributed by atoms with van der Waals surface area (Å²) in [5.74, 6) is 0.163. The lowest BCUT2D eigenvalue weighted by Gasteiger charge is -2.23. The lowest BCUT2D eigenvalue weighted by Crippen LogP contribution is -2.38. The fourth-order valence-electron chi connectivity index (χ4n) is 4.64. The summed E-state index contributed by atoms with van der Waals surface area (Å²) in [6.45, 7) is 9.62. The van der Waals surface area contributed by atoms with Crippen molar-refractivity contribution in [2.24, 2.45) is 0 Å². The molecule has 232 valence electrons. The van der Waals surface area contributed by atoms with Crippen LogP contribution in [0.1, 0.15) is 41.2 Å². The molecule has 43 heavy (non-hydrogen) atoms. The minimum atomic E-state index is -0.996. The second kappa shape index (κ2) is 17.1. The maximum atomic E-state index is 13.3. The quantitative estimate of drug-likeness (QED) is 0.164.